The molecule has 1 aliphatic rings. The molecular weight excluding hydrogens is 274 g/mol. The van der Waals surface area contributed by atoms with Crippen molar-refractivity contribution < 1.29 is 19.2 Å². The van der Waals surface area contributed by atoms with E-state index < -0.39 is 11.4 Å². The van der Waals surface area contributed by atoms with Gasteiger partial charge in [0.1, 0.15) is 0 Å². The summed E-state index contributed by atoms with van der Waals surface area (Å²) in [5, 5.41) is 15.8. The molecule has 0 saturated carbocycles. The second kappa shape index (κ2) is 6.26. The summed E-state index contributed by atoms with van der Waals surface area (Å²) in [6.07, 6.45) is 2.02. The van der Waals surface area contributed by atoms with Crippen LogP contribution in [0.3, 0.4) is 0 Å². The molecule has 7 heteroatoms. The summed E-state index contributed by atoms with van der Waals surface area (Å²) in [5.74, 6) is -0.682. The van der Waals surface area contributed by atoms with Crippen LogP contribution >= 0.6 is 0 Å². The number of likely N-dealkylation sites (tertiary alicyclic amines) is 1. The molecule has 1 aromatic rings. The van der Waals surface area contributed by atoms with Crippen LogP contribution < -0.4 is 5.32 Å². The summed E-state index contributed by atoms with van der Waals surface area (Å²) in [6, 6.07) is 1.64. The highest BCUT2D eigenvalue weighted by molar-refractivity contribution is 5.91. The van der Waals surface area contributed by atoms with E-state index in [2.05, 4.69) is 10.5 Å². The van der Waals surface area contributed by atoms with Gasteiger partial charge in [-0.3, -0.25) is 19.8 Å². The Hall–Kier alpha value is -1.89. The number of anilines is 1. The lowest BCUT2D eigenvalue weighted by Gasteiger charge is -2.39. The molecule has 1 unspecified atom stereocenters. The van der Waals surface area contributed by atoms with Crippen LogP contribution in [0.2, 0.25) is 0 Å². The fourth-order valence-electron chi connectivity index (χ4n) is 2.78. The van der Waals surface area contributed by atoms with E-state index in [0.29, 0.717) is 31.0 Å². The number of hydrogen-bond donors (Lipinski definition) is 2. The van der Waals surface area contributed by atoms with Crippen LogP contribution in [0.5, 0.6) is 0 Å². The van der Waals surface area contributed by atoms with Gasteiger partial charge in [-0.15, -0.1) is 0 Å². The number of carbonyl (C=O) groups is 2. The monoisotopic (exact) mass is 295 g/mol. The maximum absolute atomic E-state index is 12.0. The fourth-order valence-corrected chi connectivity index (χ4v) is 2.78. The molecule has 7 nitrogen and oxygen atoms in total. The predicted molar refractivity (Wildman–Crippen MR) is 75.9 cm³/mol. The van der Waals surface area contributed by atoms with Crippen molar-refractivity contribution in [2.75, 3.05) is 25.0 Å². The average molecular weight is 295 g/mol. The number of carboxylic acids is 1. The van der Waals surface area contributed by atoms with Crippen molar-refractivity contribution in [1.82, 2.24) is 10.1 Å². The molecule has 2 rings (SSSR count). The molecule has 0 bridgehead atoms. The number of amides is 1. The zero-order valence-corrected chi connectivity index (χ0v) is 12.4. The summed E-state index contributed by atoms with van der Waals surface area (Å²) >= 11 is 0. The van der Waals surface area contributed by atoms with Gasteiger partial charge in [-0.25, -0.2) is 0 Å². The molecule has 1 aliphatic heterocycles. The molecule has 1 amide bonds. The third-order valence-electron chi connectivity index (χ3n) is 4.04. The van der Waals surface area contributed by atoms with E-state index in [-0.39, 0.29) is 12.5 Å². The minimum absolute atomic E-state index is 0.161. The van der Waals surface area contributed by atoms with Gasteiger partial charge >= 0.3 is 5.97 Å². The number of hydrogen-bond acceptors (Lipinski definition) is 5. The number of rotatable bonds is 5. The number of nitrogens with one attached hydrogen (secondary N) is 1. The van der Waals surface area contributed by atoms with Gasteiger partial charge < -0.3 is 9.63 Å². The summed E-state index contributed by atoms with van der Waals surface area (Å²) in [5.41, 5.74) is -0.0411. The van der Waals surface area contributed by atoms with Crippen LogP contribution in [0.25, 0.3) is 0 Å². The van der Waals surface area contributed by atoms with Crippen LogP contribution in [-0.2, 0) is 9.59 Å². The Morgan fingerprint density at radius 3 is 2.90 bits per heavy atom. The number of carboxylic acid groups (broad SMARTS) is 1. The first kappa shape index (κ1) is 15.5. The Morgan fingerprint density at radius 2 is 2.33 bits per heavy atom. The lowest BCUT2D eigenvalue weighted by atomic mass is 9.77. The summed E-state index contributed by atoms with van der Waals surface area (Å²) in [7, 11) is 0. The van der Waals surface area contributed by atoms with E-state index in [1.807, 2.05) is 11.8 Å². The van der Waals surface area contributed by atoms with E-state index in [1.54, 1.807) is 13.0 Å². The maximum atomic E-state index is 12.0. The van der Waals surface area contributed by atoms with Gasteiger partial charge in [-0.1, -0.05) is 12.1 Å². The molecule has 1 atom stereocenters. The van der Waals surface area contributed by atoms with Crippen molar-refractivity contribution in [2.45, 2.75) is 33.1 Å². The smallest absolute Gasteiger partial charge is 0.310 e. The van der Waals surface area contributed by atoms with E-state index in [0.717, 1.165) is 13.0 Å². The van der Waals surface area contributed by atoms with Crippen molar-refractivity contribution >= 4 is 17.8 Å². The highest BCUT2D eigenvalue weighted by atomic mass is 16.5. The third-order valence-corrected chi connectivity index (χ3v) is 4.04. The minimum Gasteiger partial charge on any atom is -0.481 e. The highest BCUT2D eigenvalue weighted by Crippen LogP contribution is 2.33. The van der Waals surface area contributed by atoms with Crippen LogP contribution in [0.4, 0.5) is 5.88 Å². The van der Waals surface area contributed by atoms with E-state index >= 15 is 0 Å². The molecule has 1 fully saturated rings. The molecular formula is C14H21N3O4. The van der Waals surface area contributed by atoms with Crippen molar-refractivity contribution in [1.29, 1.82) is 0 Å². The predicted octanol–water partition coefficient (Wildman–Crippen LogP) is 1.50. The molecule has 0 aliphatic carbocycles. The summed E-state index contributed by atoms with van der Waals surface area (Å²) in [4.78, 5) is 25.3. The molecule has 116 valence electrons. The summed E-state index contributed by atoms with van der Waals surface area (Å²) in [6.45, 7) is 4.95. The number of piperidine rings is 1. The van der Waals surface area contributed by atoms with Gasteiger partial charge in [-0.05, 0) is 32.7 Å². The second-order valence-corrected chi connectivity index (χ2v) is 5.63. The molecule has 0 radical (unpaired) electrons. The lowest BCUT2D eigenvalue weighted by Crippen LogP contribution is -2.49. The molecule has 1 saturated heterocycles. The van der Waals surface area contributed by atoms with Gasteiger partial charge in [0.15, 0.2) is 0 Å². The maximum Gasteiger partial charge on any atom is 0.310 e. The first-order valence-electron chi connectivity index (χ1n) is 7.14. The molecule has 1 aromatic heterocycles. The van der Waals surface area contributed by atoms with Crippen molar-refractivity contribution in [3.63, 3.8) is 0 Å². The topological polar surface area (TPSA) is 95.7 Å². The zero-order valence-electron chi connectivity index (χ0n) is 12.4. The van der Waals surface area contributed by atoms with Gasteiger partial charge in [0.2, 0.25) is 11.8 Å². The van der Waals surface area contributed by atoms with Crippen molar-refractivity contribution in [3.8, 4) is 0 Å². The van der Waals surface area contributed by atoms with Crippen LogP contribution in [0.1, 0.15) is 31.9 Å². The number of nitrogens with zero attached hydrogens (tertiary/aromatic N) is 2. The van der Waals surface area contributed by atoms with Crippen LogP contribution in [0.15, 0.2) is 10.6 Å². The normalized spacial score (nSPS) is 23.0. The van der Waals surface area contributed by atoms with E-state index in [4.69, 9.17) is 4.52 Å². The second-order valence-electron chi connectivity index (χ2n) is 5.63. The molecule has 2 N–H and O–H groups in total. The van der Waals surface area contributed by atoms with Crippen molar-refractivity contribution in [2.24, 2.45) is 5.41 Å². The number of aromatic nitrogens is 1. The molecule has 21 heavy (non-hydrogen) atoms. The van der Waals surface area contributed by atoms with Crippen LogP contribution in [-0.4, -0.2) is 46.7 Å². The van der Waals surface area contributed by atoms with Gasteiger partial charge in [-0.2, -0.15) is 0 Å². The Bertz CT molecular complexity index is 528. The standard InChI is InChI=1S/C14H21N3O4/c1-3-14(13(19)20)5-4-6-17(9-14)8-11(18)15-12-7-10(2)16-21-12/h7H,3-6,8-9H2,1-2H3,(H,15,18)(H,19,20). The first-order valence-corrected chi connectivity index (χ1v) is 7.14. The van der Waals surface area contributed by atoms with E-state index in [1.165, 1.54) is 0 Å². The number of aryl methyl sites for hydroxylation is 1. The average Bonchev–Trinajstić information content (AvgIpc) is 2.83. The Kier molecular flexibility index (Phi) is 4.62. The minimum atomic E-state index is -0.777. The molecule has 0 spiro atoms. The Labute approximate surface area is 123 Å². The Morgan fingerprint density at radius 1 is 1.57 bits per heavy atom. The van der Waals surface area contributed by atoms with Crippen molar-refractivity contribution in [3.05, 3.63) is 11.8 Å². The largest absolute Gasteiger partial charge is 0.481 e. The van der Waals surface area contributed by atoms with Gasteiger partial charge in [0.25, 0.3) is 0 Å². The first-order chi connectivity index (χ1) is 9.95. The highest BCUT2D eigenvalue weighted by Gasteiger charge is 2.41. The Balaban J connectivity index is 1.93. The number of carbonyl (C=O) groups excluding carboxylic acids is 1. The van der Waals surface area contributed by atoms with Gasteiger partial charge in [0.05, 0.1) is 17.7 Å². The lowest BCUT2D eigenvalue weighted by molar-refractivity contribution is -0.153. The molecule has 0 aromatic carbocycles. The number of aliphatic carboxylic acids is 1. The zero-order chi connectivity index (χ0) is 15.5. The fraction of sp³-hybridized carbons (Fsp3) is 0.643. The SMILES string of the molecule is CCC1(C(=O)O)CCCN(CC(=O)Nc2cc(C)no2)C1. The van der Waals surface area contributed by atoms with Crippen LogP contribution in [0, 0.1) is 12.3 Å². The quantitative estimate of drug-likeness (QED) is 0.854. The molecule has 2 heterocycles. The third kappa shape index (κ3) is 3.60. The van der Waals surface area contributed by atoms with Gasteiger partial charge in [0, 0.05) is 12.6 Å². The van der Waals surface area contributed by atoms with E-state index in [9.17, 15) is 14.7 Å². The summed E-state index contributed by atoms with van der Waals surface area (Å²) < 4.78 is 4.93.